The summed E-state index contributed by atoms with van der Waals surface area (Å²) in [5.74, 6) is 1.50. The lowest BCUT2D eigenvalue weighted by Crippen LogP contribution is -2.42. The van der Waals surface area contributed by atoms with Gasteiger partial charge in [0.15, 0.2) is 5.11 Å². The van der Waals surface area contributed by atoms with Gasteiger partial charge in [0.25, 0.3) is 0 Å². The first kappa shape index (κ1) is 24.0. The average molecular weight is 489 g/mol. The van der Waals surface area contributed by atoms with Crippen LogP contribution < -0.4 is 20.9 Å². The maximum Gasteiger partial charge on any atom is 0.416 e. The number of nitrogens with one attached hydrogen (secondary N) is 3. The van der Waals surface area contributed by atoms with E-state index in [1.54, 1.807) is 0 Å². The maximum absolute atomic E-state index is 12.7. The Morgan fingerprint density at radius 1 is 0.941 bits per heavy atom. The lowest BCUT2D eigenvalue weighted by molar-refractivity contribution is -0.137. The Kier molecular flexibility index (Phi) is 7.06. The van der Waals surface area contributed by atoms with Crippen molar-refractivity contribution in [2.75, 3.05) is 29.6 Å². The molecule has 3 N–H and O–H groups in total. The lowest BCUT2D eigenvalue weighted by atomic mass is 9.91. The van der Waals surface area contributed by atoms with Crippen LogP contribution in [0, 0.1) is 0 Å². The van der Waals surface area contributed by atoms with Crippen LogP contribution in [0.5, 0.6) is 0 Å². The third-order valence-electron chi connectivity index (χ3n) is 5.87. The standard InChI is InChI=1S/C24H27F3N6S/c1-33(2)21-19-5-3-4-6-20(19)31-22(32-21)28-16-11-13-18(14-12-16)30-23(34)29-17-9-7-15(8-10-17)24(25,26)27/h3-10,16,18H,11-14H2,1-2H3,(H,28,31,32)(H2,29,30,34). The number of halogens is 3. The van der Waals surface area contributed by atoms with E-state index in [2.05, 4.69) is 20.9 Å². The van der Waals surface area contributed by atoms with Crippen molar-refractivity contribution in [3.05, 3.63) is 54.1 Å². The van der Waals surface area contributed by atoms with Crippen LogP contribution in [0.2, 0.25) is 0 Å². The van der Waals surface area contributed by atoms with E-state index in [0.717, 1.165) is 54.5 Å². The minimum Gasteiger partial charge on any atom is -0.362 e. The fourth-order valence-corrected chi connectivity index (χ4v) is 4.41. The molecule has 0 radical (unpaired) electrons. The van der Waals surface area contributed by atoms with E-state index in [4.69, 9.17) is 17.2 Å². The monoisotopic (exact) mass is 488 g/mol. The van der Waals surface area contributed by atoms with Crippen LogP contribution in [0.25, 0.3) is 10.9 Å². The summed E-state index contributed by atoms with van der Waals surface area (Å²) < 4.78 is 38.1. The van der Waals surface area contributed by atoms with Crippen molar-refractivity contribution in [1.29, 1.82) is 0 Å². The van der Waals surface area contributed by atoms with E-state index >= 15 is 0 Å². The van der Waals surface area contributed by atoms with Crippen molar-refractivity contribution in [1.82, 2.24) is 15.3 Å². The summed E-state index contributed by atoms with van der Waals surface area (Å²) in [4.78, 5) is 11.4. The quantitative estimate of drug-likeness (QED) is 0.414. The molecule has 1 aliphatic carbocycles. The van der Waals surface area contributed by atoms with Gasteiger partial charge in [-0.15, -0.1) is 0 Å². The molecule has 1 aliphatic rings. The maximum atomic E-state index is 12.7. The normalized spacial score (nSPS) is 18.4. The molecule has 1 fully saturated rings. The summed E-state index contributed by atoms with van der Waals surface area (Å²) in [6, 6.07) is 13.2. The highest BCUT2D eigenvalue weighted by molar-refractivity contribution is 7.80. The predicted octanol–water partition coefficient (Wildman–Crippen LogP) is 5.42. The number of para-hydroxylation sites is 1. The first-order valence-electron chi connectivity index (χ1n) is 11.1. The van der Waals surface area contributed by atoms with Crippen molar-refractivity contribution < 1.29 is 13.2 Å². The summed E-state index contributed by atoms with van der Waals surface area (Å²) >= 11 is 5.36. The fourth-order valence-electron chi connectivity index (χ4n) is 4.13. The fraction of sp³-hybridized carbons (Fsp3) is 0.375. The molecule has 1 saturated carbocycles. The number of aromatic nitrogens is 2. The smallest absolute Gasteiger partial charge is 0.362 e. The number of alkyl halides is 3. The molecule has 0 atom stereocenters. The highest BCUT2D eigenvalue weighted by Crippen LogP contribution is 2.30. The molecule has 2 aromatic carbocycles. The van der Waals surface area contributed by atoms with Crippen molar-refractivity contribution in [3.8, 4) is 0 Å². The third kappa shape index (κ3) is 5.85. The summed E-state index contributed by atoms with van der Waals surface area (Å²) in [5.41, 5.74) is 0.737. The van der Waals surface area contributed by atoms with E-state index in [9.17, 15) is 13.2 Å². The number of anilines is 3. The van der Waals surface area contributed by atoms with Gasteiger partial charge in [-0.05, 0) is 74.3 Å². The number of thiocarbonyl (C=S) groups is 1. The van der Waals surface area contributed by atoms with Gasteiger partial charge in [-0.25, -0.2) is 4.98 Å². The van der Waals surface area contributed by atoms with Crippen LogP contribution in [0.4, 0.5) is 30.6 Å². The number of hydrogen-bond acceptors (Lipinski definition) is 5. The van der Waals surface area contributed by atoms with Gasteiger partial charge in [-0.3, -0.25) is 0 Å². The Balaban J connectivity index is 1.29. The van der Waals surface area contributed by atoms with E-state index in [1.807, 2.05) is 43.3 Å². The second-order valence-corrected chi connectivity index (χ2v) is 9.06. The van der Waals surface area contributed by atoms with E-state index in [0.29, 0.717) is 16.7 Å². The molecule has 1 aromatic heterocycles. The number of fused-ring (bicyclic) bond motifs is 1. The SMILES string of the molecule is CN(C)c1nc(NC2CCC(NC(=S)Nc3ccc(C(F)(F)F)cc3)CC2)nc2ccccc12. The van der Waals surface area contributed by atoms with Gasteiger partial charge in [-0.1, -0.05) is 12.1 Å². The van der Waals surface area contributed by atoms with Crippen molar-refractivity contribution >= 4 is 45.7 Å². The van der Waals surface area contributed by atoms with Crippen LogP contribution in [0.3, 0.4) is 0 Å². The van der Waals surface area contributed by atoms with Crippen LogP contribution in [-0.4, -0.2) is 41.3 Å². The molecule has 0 bridgehead atoms. The van der Waals surface area contributed by atoms with Crippen LogP contribution in [0.15, 0.2) is 48.5 Å². The zero-order chi connectivity index (χ0) is 24.3. The molecule has 0 spiro atoms. The largest absolute Gasteiger partial charge is 0.416 e. The molecular weight excluding hydrogens is 461 g/mol. The Morgan fingerprint density at radius 2 is 1.59 bits per heavy atom. The molecule has 34 heavy (non-hydrogen) atoms. The van der Waals surface area contributed by atoms with Gasteiger partial charge >= 0.3 is 6.18 Å². The molecule has 6 nitrogen and oxygen atoms in total. The first-order valence-corrected chi connectivity index (χ1v) is 11.6. The van der Waals surface area contributed by atoms with Crippen molar-refractivity contribution in [3.63, 3.8) is 0 Å². The van der Waals surface area contributed by atoms with Crippen molar-refractivity contribution in [2.45, 2.75) is 43.9 Å². The Hall–Kier alpha value is -3.14. The van der Waals surface area contributed by atoms with Gasteiger partial charge in [0.2, 0.25) is 5.95 Å². The molecule has 3 aromatic rings. The minimum absolute atomic E-state index is 0.197. The number of rotatable bonds is 5. The second kappa shape index (κ2) is 10.0. The Labute approximate surface area is 202 Å². The predicted molar refractivity (Wildman–Crippen MR) is 134 cm³/mol. The summed E-state index contributed by atoms with van der Waals surface area (Å²) in [6.07, 6.45) is -0.695. The number of nitrogens with zero attached hydrogens (tertiary/aromatic N) is 3. The molecule has 0 aliphatic heterocycles. The molecule has 10 heteroatoms. The summed E-state index contributed by atoms with van der Waals surface area (Å²) in [5, 5.41) is 11.1. The number of hydrogen-bond donors (Lipinski definition) is 3. The van der Waals surface area contributed by atoms with Crippen LogP contribution in [-0.2, 0) is 6.18 Å². The molecule has 0 saturated heterocycles. The molecule has 0 amide bonds. The summed E-state index contributed by atoms with van der Waals surface area (Å²) in [6.45, 7) is 0. The highest BCUT2D eigenvalue weighted by atomic mass is 32.1. The zero-order valence-electron chi connectivity index (χ0n) is 19.0. The summed E-state index contributed by atoms with van der Waals surface area (Å²) in [7, 11) is 3.94. The number of benzene rings is 2. The van der Waals surface area contributed by atoms with Gasteiger partial charge in [-0.2, -0.15) is 18.2 Å². The van der Waals surface area contributed by atoms with Gasteiger partial charge in [0, 0.05) is 37.3 Å². The zero-order valence-corrected chi connectivity index (χ0v) is 19.8. The van der Waals surface area contributed by atoms with E-state index in [-0.39, 0.29) is 12.1 Å². The molecule has 1 heterocycles. The van der Waals surface area contributed by atoms with Crippen LogP contribution in [0.1, 0.15) is 31.2 Å². The Morgan fingerprint density at radius 3 is 2.24 bits per heavy atom. The van der Waals surface area contributed by atoms with Gasteiger partial charge in [0.1, 0.15) is 5.82 Å². The average Bonchev–Trinajstić information content (AvgIpc) is 2.79. The third-order valence-corrected chi connectivity index (χ3v) is 6.09. The van der Waals surface area contributed by atoms with E-state index < -0.39 is 11.7 Å². The molecule has 180 valence electrons. The van der Waals surface area contributed by atoms with Gasteiger partial charge in [0.05, 0.1) is 11.1 Å². The first-order chi connectivity index (χ1) is 16.2. The van der Waals surface area contributed by atoms with Crippen molar-refractivity contribution in [2.24, 2.45) is 0 Å². The molecule has 4 rings (SSSR count). The van der Waals surface area contributed by atoms with E-state index in [1.165, 1.54) is 12.1 Å². The topological polar surface area (TPSA) is 65.1 Å². The lowest BCUT2D eigenvalue weighted by Gasteiger charge is -2.30. The Bertz CT molecular complexity index is 1140. The highest BCUT2D eigenvalue weighted by Gasteiger charge is 2.30. The van der Waals surface area contributed by atoms with Gasteiger partial charge < -0.3 is 20.9 Å². The molecule has 0 unspecified atom stereocenters. The second-order valence-electron chi connectivity index (χ2n) is 8.65. The minimum atomic E-state index is -4.35. The molecular formula is C24H27F3N6S. The van der Waals surface area contributed by atoms with Crippen LogP contribution >= 0.6 is 12.2 Å².